The predicted octanol–water partition coefficient (Wildman–Crippen LogP) is 5.00. The Labute approximate surface area is 147 Å². The number of nitrogens with zero attached hydrogens (tertiary/aromatic N) is 1. The van der Waals surface area contributed by atoms with Gasteiger partial charge < -0.3 is 10.6 Å². The molecule has 1 aromatic carbocycles. The molecule has 0 aliphatic carbocycles. The summed E-state index contributed by atoms with van der Waals surface area (Å²) >= 11 is 5.11. The minimum Gasteiger partial charge on any atom is -0.334 e. The molecule has 6 heteroatoms. The average molecular weight is 390 g/mol. The number of carbonyl (C=O) groups is 1. The van der Waals surface area contributed by atoms with E-state index in [2.05, 4.69) is 37.6 Å². The van der Waals surface area contributed by atoms with Crippen molar-refractivity contribution in [1.82, 2.24) is 10.3 Å². The molecule has 0 aliphatic rings. The lowest BCUT2D eigenvalue weighted by molar-refractivity contribution is 0.252. The van der Waals surface area contributed by atoms with E-state index >= 15 is 0 Å². The second kappa shape index (κ2) is 6.68. The van der Waals surface area contributed by atoms with E-state index in [9.17, 15) is 4.79 Å². The quantitative estimate of drug-likeness (QED) is 0.662. The van der Waals surface area contributed by atoms with E-state index < -0.39 is 0 Å². The topological polar surface area (TPSA) is 54.0 Å². The first-order valence-electron chi connectivity index (χ1n) is 7.17. The summed E-state index contributed by atoms with van der Waals surface area (Å²) in [6, 6.07) is 7.76. The summed E-state index contributed by atoms with van der Waals surface area (Å²) in [5.41, 5.74) is 3.07. The second-order valence-corrected chi connectivity index (χ2v) is 7.41. The molecule has 2 aromatic heterocycles. The molecular formula is C17H16BrN3OS. The van der Waals surface area contributed by atoms with Crippen molar-refractivity contribution in [3.8, 4) is 0 Å². The largest absolute Gasteiger partial charge is 0.334 e. The van der Waals surface area contributed by atoms with E-state index in [4.69, 9.17) is 0 Å². The van der Waals surface area contributed by atoms with E-state index in [1.807, 2.05) is 38.2 Å². The van der Waals surface area contributed by atoms with E-state index in [1.54, 1.807) is 17.5 Å². The molecule has 0 saturated carbocycles. The Balaban J connectivity index is 1.69. The molecule has 3 rings (SSSR count). The van der Waals surface area contributed by atoms with Crippen LogP contribution in [0.2, 0.25) is 0 Å². The second-order valence-electron chi connectivity index (χ2n) is 5.30. The molecule has 0 aliphatic heterocycles. The van der Waals surface area contributed by atoms with Gasteiger partial charge >= 0.3 is 6.03 Å². The highest BCUT2D eigenvalue weighted by molar-refractivity contribution is 9.10. The van der Waals surface area contributed by atoms with Gasteiger partial charge in [0.15, 0.2) is 0 Å². The Morgan fingerprint density at radius 3 is 2.91 bits per heavy atom. The van der Waals surface area contributed by atoms with Crippen molar-refractivity contribution < 1.29 is 4.79 Å². The number of rotatable bonds is 3. The smallest absolute Gasteiger partial charge is 0.319 e. The average Bonchev–Trinajstić information content (AvgIpc) is 2.84. The fourth-order valence-electron chi connectivity index (χ4n) is 2.39. The zero-order valence-electron chi connectivity index (χ0n) is 12.8. The van der Waals surface area contributed by atoms with Gasteiger partial charge in [0, 0.05) is 33.7 Å². The maximum atomic E-state index is 12.2. The number of halogens is 1. The molecule has 2 amide bonds. The lowest BCUT2D eigenvalue weighted by Crippen LogP contribution is -2.28. The lowest BCUT2D eigenvalue weighted by atomic mass is 10.1. The van der Waals surface area contributed by atoms with Gasteiger partial charge in [-0.2, -0.15) is 0 Å². The number of aryl methyl sites for hydroxylation is 2. The van der Waals surface area contributed by atoms with Gasteiger partial charge in [-0.15, -0.1) is 11.3 Å². The Morgan fingerprint density at radius 2 is 2.13 bits per heavy atom. The molecule has 23 heavy (non-hydrogen) atoms. The number of pyridine rings is 1. The molecule has 2 heterocycles. The summed E-state index contributed by atoms with van der Waals surface area (Å²) in [5.74, 6) is 0. The fourth-order valence-corrected chi connectivity index (χ4v) is 3.62. The number of hydrogen-bond donors (Lipinski definition) is 2. The van der Waals surface area contributed by atoms with Crippen LogP contribution in [0, 0.1) is 13.8 Å². The zero-order valence-corrected chi connectivity index (χ0v) is 15.2. The number of fused-ring (bicyclic) bond motifs is 1. The minimum atomic E-state index is -0.204. The minimum absolute atomic E-state index is 0.204. The molecule has 4 nitrogen and oxygen atoms in total. The molecule has 0 spiro atoms. The van der Waals surface area contributed by atoms with E-state index in [-0.39, 0.29) is 6.03 Å². The van der Waals surface area contributed by atoms with Crippen molar-refractivity contribution in [3.63, 3.8) is 0 Å². The molecule has 0 unspecified atom stereocenters. The van der Waals surface area contributed by atoms with Gasteiger partial charge in [-0.05, 0) is 37.1 Å². The van der Waals surface area contributed by atoms with Crippen molar-refractivity contribution in [2.24, 2.45) is 0 Å². The number of nitrogens with one attached hydrogen (secondary N) is 2. The SMILES string of the molecule is Cc1cc(CNC(=O)Nc2c(C)sc3cnccc23)ccc1Br. The summed E-state index contributed by atoms with van der Waals surface area (Å²) in [5, 5.41) is 6.88. The number of carbonyl (C=O) groups excluding carboxylic acids is 1. The van der Waals surface area contributed by atoms with Gasteiger partial charge in [0.05, 0.1) is 10.4 Å². The van der Waals surface area contributed by atoms with Gasteiger partial charge in [0.25, 0.3) is 0 Å². The third-order valence-electron chi connectivity index (χ3n) is 3.58. The molecule has 118 valence electrons. The van der Waals surface area contributed by atoms with Crippen LogP contribution in [-0.2, 0) is 6.54 Å². The van der Waals surface area contributed by atoms with Crippen molar-refractivity contribution in [3.05, 3.63) is 57.1 Å². The van der Waals surface area contributed by atoms with Crippen molar-refractivity contribution in [1.29, 1.82) is 0 Å². The van der Waals surface area contributed by atoms with Crippen molar-refractivity contribution in [2.75, 3.05) is 5.32 Å². The van der Waals surface area contributed by atoms with Crippen LogP contribution >= 0.6 is 27.3 Å². The molecule has 3 aromatic rings. The number of hydrogen-bond acceptors (Lipinski definition) is 3. The highest BCUT2D eigenvalue weighted by Crippen LogP contribution is 2.34. The maximum Gasteiger partial charge on any atom is 0.319 e. The third kappa shape index (κ3) is 3.54. The van der Waals surface area contributed by atoms with E-state index in [0.29, 0.717) is 6.54 Å². The van der Waals surface area contributed by atoms with Crippen molar-refractivity contribution in [2.45, 2.75) is 20.4 Å². The van der Waals surface area contributed by atoms with E-state index in [0.717, 1.165) is 36.3 Å². The molecule has 0 saturated heterocycles. The van der Waals surface area contributed by atoms with Gasteiger partial charge in [-0.3, -0.25) is 4.98 Å². The highest BCUT2D eigenvalue weighted by Gasteiger charge is 2.11. The number of amides is 2. The summed E-state index contributed by atoms with van der Waals surface area (Å²) in [6.07, 6.45) is 3.56. The van der Waals surface area contributed by atoms with Gasteiger partial charge in [-0.25, -0.2) is 4.79 Å². The number of aromatic nitrogens is 1. The number of urea groups is 1. The summed E-state index contributed by atoms with van der Waals surface area (Å²) < 4.78 is 2.14. The standard InChI is InChI=1S/C17H16BrN3OS/c1-10-7-12(3-4-14(10)18)8-20-17(22)21-16-11(2)23-15-9-19-6-5-13(15)16/h3-7,9H,8H2,1-2H3,(H2,20,21,22). The molecule has 0 bridgehead atoms. The maximum absolute atomic E-state index is 12.2. The zero-order chi connectivity index (χ0) is 16.4. The first-order valence-corrected chi connectivity index (χ1v) is 8.78. The van der Waals surface area contributed by atoms with Gasteiger partial charge in [0.2, 0.25) is 0 Å². The lowest BCUT2D eigenvalue weighted by Gasteiger charge is -2.09. The highest BCUT2D eigenvalue weighted by atomic mass is 79.9. The predicted molar refractivity (Wildman–Crippen MR) is 99.1 cm³/mol. The molecule has 2 N–H and O–H groups in total. The van der Waals surface area contributed by atoms with Crippen molar-refractivity contribution >= 4 is 49.1 Å². The summed E-state index contributed by atoms with van der Waals surface area (Å²) in [4.78, 5) is 17.4. The fraction of sp³-hybridized carbons (Fsp3) is 0.176. The van der Waals surface area contributed by atoms with Gasteiger partial charge in [0.1, 0.15) is 0 Å². The Hall–Kier alpha value is -1.92. The Kier molecular flexibility index (Phi) is 4.63. The van der Waals surface area contributed by atoms with Crippen LogP contribution < -0.4 is 10.6 Å². The Bertz CT molecular complexity index is 875. The molecule has 0 atom stereocenters. The van der Waals surface area contributed by atoms with Crippen LogP contribution in [0.5, 0.6) is 0 Å². The van der Waals surface area contributed by atoms with Crippen LogP contribution in [0.1, 0.15) is 16.0 Å². The number of benzene rings is 1. The first kappa shape index (κ1) is 16.0. The van der Waals surface area contributed by atoms with Crippen LogP contribution in [0.25, 0.3) is 10.1 Å². The Morgan fingerprint density at radius 1 is 1.30 bits per heavy atom. The van der Waals surface area contributed by atoms with Crippen LogP contribution in [0.4, 0.5) is 10.5 Å². The van der Waals surface area contributed by atoms with Crippen LogP contribution in [0.3, 0.4) is 0 Å². The first-order chi connectivity index (χ1) is 11.0. The van der Waals surface area contributed by atoms with Gasteiger partial charge in [-0.1, -0.05) is 28.1 Å². The summed E-state index contributed by atoms with van der Waals surface area (Å²) in [6.45, 7) is 4.52. The van der Waals surface area contributed by atoms with Crippen LogP contribution in [-0.4, -0.2) is 11.0 Å². The molecule has 0 radical (unpaired) electrons. The number of anilines is 1. The third-order valence-corrected chi connectivity index (χ3v) is 5.53. The molecule has 0 fully saturated rings. The van der Waals surface area contributed by atoms with Crippen LogP contribution in [0.15, 0.2) is 41.1 Å². The monoisotopic (exact) mass is 389 g/mol. The number of thiophene rings is 1. The van der Waals surface area contributed by atoms with E-state index in [1.165, 1.54) is 0 Å². The summed E-state index contributed by atoms with van der Waals surface area (Å²) in [7, 11) is 0. The molecular weight excluding hydrogens is 374 g/mol. The normalized spacial score (nSPS) is 10.7.